The second kappa shape index (κ2) is 6.10. The minimum Gasteiger partial charge on any atom is -0.497 e. The zero-order valence-corrected chi connectivity index (χ0v) is 13.6. The summed E-state index contributed by atoms with van der Waals surface area (Å²) in [5.74, 6) is 0.860. The van der Waals surface area contributed by atoms with Crippen LogP contribution in [0.3, 0.4) is 0 Å². The van der Waals surface area contributed by atoms with Crippen LogP contribution in [0.25, 0.3) is 21.6 Å². The third kappa shape index (κ3) is 3.08. The van der Waals surface area contributed by atoms with E-state index in [1.54, 1.807) is 18.4 Å². The van der Waals surface area contributed by atoms with Gasteiger partial charge >= 0.3 is 0 Å². The predicted octanol–water partition coefficient (Wildman–Crippen LogP) is 6.40. The molecule has 0 atom stereocenters. The second-order valence-corrected chi connectivity index (χ2v) is 6.28. The number of halogens is 2. The van der Waals surface area contributed by atoms with E-state index in [-0.39, 0.29) is 0 Å². The highest BCUT2D eigenvalue weighted by molar-refractivity contribution is 7.14. The van der Waals surface area contributed by atoms with Gasteiger partial charge in [-0.05, 0) is 52.4 Å². The predicted molar refractivity (Wildman–Crippen MR) is 91.8 cm³/mol. The van der Waals surface area contributed by atoms with Crippen molar-refractivity contribution in [3.63, 3.8) is 0 Å². The van der Waals surface area contributed by atoms with Crippen LogP contribution in [0.4, 0.5) is 0 Å². The number of ether oxygens (including phenoxy) is 1. The van der Waals surface area contributed by atoms with E-state index in [1.807, 2.05) is 30.3 Å². The summed E-state index contributed by atoms with van der Waals surface area (Å²) in [5.41, 5.74) is 3.43. The molecule has 3 rings (SSSR count). The van der Waals surface area contributed by atoms with Gasteiger partial charge in [-0.2, -0.15) is 0 Å². The maximum absolute atomic E-state index is 6.08. The Labute approximate surface area is 137 Å². The van der Waals surface area contributed by atoms with Crippen LogP contribution in [0.5, 0.6) is 5.75 Å². The average molecular weight is 335 g/mol. The Hall–Kier alpha value is -1.48. The molecular formula is C17H12Cl2OS. The summed E-state index contributed by atoms with van der Waals surface area (Å²) in [7, 11) is 1.67. The van der Waals surface area contributed by atoms with Crippen LogP contribution >= 0.6 is 34.5 Å². The normalized spacial score (nSPS) is 10.6. The first kappa shape index (κ1) is 14.5. The molecule has 0 saturated heterocycles. The molecule has 1 aromatic heterocycles. The molecule has 3 aromatic rings. The summed E-state index contributed by atoms with van der Waals surface area (Å²) < 4.78 is 5.18. The van der Waals surface area contributed by atoms with E-state index in [1.165, 1.54) is 16.0 Å². The molecule has 2 aromatic carbocycles. The van der Waals surface area contributed by atoms with Crippen molar-refractivity contribution in [1.29, 1.82) is 0 Å². The van der Waals surface area contributed by atoms with Crippen LogP contribution in [-0.4, -0.2) is 7.11 Å². The number of hydrogen-bond donors (Lipinski definition) is 0. The van der Waals surface area contributed by atoms with Crippen molar-refractivity contribution in [2.75, 3.05) is 7.11 Å². The molecule has 1 nitrogen and oxygen atoms in total. The van der Waals surface area contributed by atoms with Crippen molar-refractivity contribution in [2.45, 2.75) is 0 Å². The molecule has 4 heteroatoms. The Morgan fingerprint density at radius 1 is 0.810 bits per heavy atom. The molecule has 106 valence electrons. The van der Waals surface area contributed by atoms with Crippen LogP contribution < -0.4 is 4.74 Å². The fourth-order valence-corrected chi connectivity index (χ4v) is 3.29. The quantitative estimate of drug-likeness (QED) is 0.538. The van der Waals surface area contributed by atoms with Gasteiger partial charge in [0, 0.05) is 4.88 Å². The summed E-state index contributed by atoms with van der Waals surface area (Å²) in [5, 5.41) is 3.29. The van der Waals surface area contributed by atoms with Crippen molar-refractivity contribution < 1.29 is 4.74 Å². The number of methoxy groups -OCH3 is 1. The van der Waals surface area contributed by atoms with Gasteiger partial charge in [-0.3, -0.25) is 0 Å². The Morgan fingerprint density at radius 3 is 2.19 bits per heavy atom. The maximum Gasteiger partial charge on any atom is 0.118 e. The highest BCUT2D eigenvalue weighted by Crippen LogP contribution is 2.35. The smallest absolute Gasteiger partial charge is 0.118 e. The van der Waals surface area contributed by atoms with Crippen molar-refractivity contribution in [1.82, 2.24) is 0 Å². The van der Waals surface area contributed by atoms with Crippen molar-refractivity contribution >= 4 is 34.5 Å². The monoisotopic (exact) mass is 334 g/mol. The number of benzene rings is 2. The fourth-order valence-electron chi connectivity index (χ4n) is 2.07. The molecule has 0 aliphatic rings. The van der Waals surface area contributed by atoms with Gasteiger partial charge in [0.05, 0.1) is 17.2 Å². The minimum absolute atomic E-state index is 0.576. The van der Waals surface area contributed by atoms with Gasteiger partial charge in [0.1, 0.15) is 5.75 Å². The van der Waals surface area contributed by atoms with Crippen LogP contribution in [0.2, 0.25) is 10.0 Å². The number of thiophene rings is 1. The zero-order valence-electron chi connectivity index (χ0n) is 11.3. The van der Waals surface area contributed by atoms with Crippen LogP contribution in [0.15, 0.2) is 53.9 Å². The maximum atomic E-state index is 6.08. The molecule has 0 N–H and O–H groups in total. The summed E-state index contributed by atoms with van der Waals surface area (Å²) in [6, 6.07) is 15.9. The van der Waals surface area contributed by atoms with Crippen LogP contribution in [-0.2, 0) is 0 Å². The van der Waals surface area contributed by atoms with E-state index >= 15 is 0 Å². The summed E-state index contributed by atoms with van der Waals surface area (Å²) in [6.45, 7) is 0. The van der Waals surface area contributed by atoms with Crippen molar-refractivity contribution in [3.8, 4) is 27.3 Å². The first-order chi connectivity index (χ1) is 10.2. The highest BCUT2D eigenvalue weighted by Gasteiger charge is 2.07. The molecule has 0 radical (unpaired) electrons. The van der Waals surface area contributed by atoms with Gasteiger partial charge < -0.3 is 4.74 Å². The Morgan fingerprint density at radius 2 is 1.52 bits per heavy atom. The molecule has 0 aliphatic carbocycles. The Bertz CT molecular complexity index is 763. The fraction of sp³-hybridized carbons (Fsp3) is 0.0588. The zero-order chi connectivity index (χ0) is 14.8. The van der Waals surface area contributed by atoms with Gasteiger partial charge in [-0.1, -0.05) is 41.4 Å². The lowest BCUT2D eigenvalue weighted by molar-refractivity contribution is 0.415. The largest absolute Gasteiger partial charge is 0.497 e. The van der Waals surface area contributed by atoms with Gasteiger partial charge in [0.2, 0.25) is 0 Å². The van der Waals surface area contributed by atoms with Crippen molar-refractivity contribution in [2.24, 2.45) is 0 Å². The third-order valence-corrected chi connectivity index (χ3v) is 4.95. The lowest BCUT2D eigenvalue weighted by atomic mass is 10.1. The van der Waals surface area contributed by atoms with Gasteiger partial charge in [0.15, 0.2) is 0 Å². The first-order valence-corrected chi connectivity index (χ1v) is 7.99. The lowest BCUT2D eigenvalue weighted by Crippen LogP contribution is -1.81. The number of rotatable bonds is 3. The molecule has 0 aliphatic heterocycles. The molecule has 0 saturated carbocycles. The summed E-state index contributed by atoms with van der Waals surface area (Å²) in [4.78, 5) is 1.17. The SMILES string of the molecule is COc1ccc(-c2csc(-c3ccc(Cl)c(Cl)c3)c2)cc1. The Balaban J connectivity index is 1.93. The minimum atomic E-state index is 0.576. The number of hydrogen-bond acceptors (Lipinski definition) is 2. The van der Waals surface area contributed by atoms with E-state index in [9.17, 15) is 0 Å². The van der Waals surface area contributed by atoms with Crippen molar-refractivity contribution in [3.05, 3.63) is 64.0 Å². The van der Waals surface area contributed by atoms with E-state index in [4.69, 9.17) is 27.9 Å². The molecule has 0 unspecified atom stereocenters. The topological polar surface area (TPSA) is 9.23 Å². The van der Waals surface area contributed by atoms with Gasteiger partial charge in [-0.25, -0.2) is 0 Å². The lowest BCUT2D eigenvalue weighted by Gasteiger charge is -2.02. The molecule has 0 bridgehead atoms. The molecule has 0 amide bonds. The van der Waals surface area contributed by atoms with E-state index in [0.29, 0.717) is 10.0 Å². The summed E-state index contributed by atoms with van der Waals surface area (Å²) in [6.07, 6.45) is 0. The second-order valence-electron chi connectivity index (χ2n) is 4.56. The standard InChI is InChI=1S/C17H12Cl2OS/c1-20-14-5-2-11(3-6-14)13-9-17(21-10-13)12-4-7-15(18)16(19)8-12/h2-10H,1H3. The van der Waals surface area contributed by atoms with Crippen LogP contribution in [0, 0.1) is 0 Å². The van der Waals surface area contributed by atoms with Gasteiger partial charge in [0.25, 0.3) is 0 Å². The van der Waals surface area contributed by atoms with E-state index < -0.39 is 0 Å². The molecule has 1 heterocycles. The molecular weight excluding hydrogens is 323 g/mol. The molecule has 0 fully saturated rings. The van der Waals surface area contributed by atoms with Gasteiger partial charge in [-0.15, -0.1) is 11.3 Å². The first-order valence-electron chi connectivity index (χ1n) is 6.36. The summed E-state index contributed by atoms with van der Waals surface area (Å²) >= 11 is 13.7. The van der Waals surface area contributed by atoms with Crippen LogP contribution in [0.1, 0.15) is 0 Å². The highest BCUT2D eigenvalue weighted by atomic mass is 35.5. The van der Waals surface area contributed by atoms with E-state index in [0.717, 1.165) is 11.3 Å². The molecule has 21 heavy (non-hydrogen) atoms. The third-order valence-electron chi connectivity index (χ3n) is 3.23. The average Bonchev–Trinajstić information content (AvgIpc) is 3.00. The molecule has 0 spiro atoms. The van der Waals surface area contributed by atoms with E-state index in [2.05, 4.69) is 23.6 Å². The Kier molecular flexibility index (Phi) is 4.20.